The zero-order chi connectivity index (χ0) is 17.4. The van der Waals surface area contributed by atoms with Gasteiger partial charge in [0, 0.05) is 13.0 Å². The molecule has 128 valence electrons. The van der Waals surface area contributed by atoms with Gasteiger partial charge in [0.05, 0.1) is 13.7 Å². The Morgan fingerprint density at radius 2 is 2.04 bits per heavy atom. The fraction of sp³-hybridized carbons (Fsp3) is 0.533. The van der Waals surface area contributed by atoms with Gasteiger partial charge in [0.2, 0.25) is 11.2 Å². The van der Waals surface area contributed by atoms with Crippen LogP contribution in [0.1, 0.15) is 31.9 Å². The third-order valence-corrected chi connectivity index (χ3v) is 3.33. The van der Waals surface area contributed by atoms with Gasteiger partial charge >= 0.3 is 5.97 Å². The summed E-state index contributed by atoms with van der Waals surface area (Å²) < 4.78 is 10.1. The Balaban J connectivity index is 0.000000593. The van der Waals surface area contributed by atoms with Crippen molar-refractivity contribution in [2.75, 3.05) is 13.7 Å². The fourth-order valence-electron chi connectivity index (χ4n) is 2.33. The maximum atomic E-state index is 11.6. The first-order valence-corrected chi connectivity index (χ1v) is 7.17. The highest BCUT2D eigenvalue weighted by Crippen LogP contribution is 2.20. The molecule has 2 heterocycles. The summed E-state index contributed by atoms with van der Waals surface area (Å²) in [6, 6.07) is 0.855. The second-order valence-corrected chi connectivity index (χ2v) is 5.12. The van der Waals surface area contributed by atoms with E-state index in [1.165, 1.54) is 19.4 Å². The minimum absolute atomic E-state index is 0.150. The molecular weight excluding hydrogens is 306 g/mol. The predicted molar refractivity (Wildman–Crippen MR) is 80.5 cm³/mol. The molecule has 0 aliphatic carbocycles. The number of aliphatic carboxylic acids is 2. The van der Waals surface area contributed by atoms with Crippen LogP contribution in [0.25, 0.3) is 0 Å². The largest absolute Gasteiger partial charge is 0.490 e. The number of likely N-dealkylation sites (tertiary alicyclic amines) is 1. The van der Waals surface area contributed by atoms with Crippen LogP contribution in [-0.4, -0.2) is 46.7 Å². The summed E-state index contributed by atoms with van der Waals surface area (Å²) in [6.45, 7) is 2.11. The summed E-state index contributed by atoms with van der Waals surface area (Å²) in [5, 5.41) is 16.6. The standard InChI is InChI=1S/C13H17NO5.C2H4O2/c1-18-12-8-19-9(6-11(12)15)7-14-5-3-2-4-10(14)13(16)17;1-2(3)4/h6,8,10H,2-5,7H2,1H3,(H,16,17);1H3,(H,3,4). The number of carbonyl (C=O) groups is 2. The number of methoxy groups -OCH3 is 1. The molecule has 1 saturated heterocycles. The van der Waals surface area contributed by atoms with E-state index in [9.17, 15) is 9.59 Å². The lowest BCUT2D eigenvalue weighted by Gasteiger charge is -2.32. The van der Waals surface area contributed by atoms with Gasteiger partial charge in [0.25, 0.3) is 5.97 Å². The molecule has 0 amide bonds. The van der Waals surface area contributed by atoms with Gasteiger partial charge in [-0.1, -0.05) is 6.42 Å². The van der Waals surface area contributed by atoms with Gasteiger partial charge in [0.15, 0.2) is 0 Å². The van der Waals surface area contributed by atoms with Crippen molar-refractivity contribution >= 4 is 11.9 Å². The highest BCUT2D eigenvalue weighted by molar-refractivity contribution is 5.73. The molecule has 2 rings (SSSR count). The first-order valence-electron chi connectivity index (χ1n) is 7.17. The molecule has 1 aromatic heterocycles. The van der Waals surface area contributed by atoms with E-state index in [0.717, 1.165) is 19.8 Å². The lowest BCUT2D eigenvalue weighted by atomic mass is 10.0. The number of carboxylic acids is 2. The summed E-state index contributed by atoms with van der Waals surface area (Å²) in [5.41, 5.74) is -0.257. The van der Waals surface area contributed by atoms with Gasteiger partial charge in [0.1, 0.15) is 18.1 Å². The van der Waals surface area contributed by atoms with Crippen molar-refractivity contribution in [1.29, 1.82) is 0 Å². The van der Waals surface area contributed by atoms with Crippen molar-refractivity contribution in [3.05, 3.63) is 28.3 Å². The van der Waals surface area contributed by atoms with Gasteiger partial charge in [-0.05, 0) is 19.4 Å². The monoisotopic (exact) mass is 327 g/mol. The molecular formula is C15H21NO7. The molecule has 0 bridgehead atoms. The zero-order valence-corrected chi connectivity index (χ0v) is 13.2. The van der Waals surface area contributed by atoms with E-state index in [-0.39, 0.29) is 11.2 Å². The van der Waals surface area contributed by atoms with Crippen LogP contribution in [0.5, 0.6) is 5.75 Å². The molecule has 8 heteroatoms. The van der Waals surface area contributed by atoms with Crippen molar-refractivity contribution in [3.8, 4) is 5.75 Å². The summed E-state index contributed by atoms with van der Waals surface area (Å²) in [6.07, 6.45) is 3.78. The van der Waals surface area contributed by atoms with Gasteiger partial charge in [-0.15, -0.1) is 0 Å². The van der Waals surface area contributed by atoms with E-state index < -0.39 is 18.0 Å². The average Bonchev–Trinajstić information content (AvgIpc) is 2.47. The molecule has 1 fully saturated rings. The molecule has 1 atom stereocenters. The smallest absolute Gasteiger partial charge is 0.320 e. The quantitative estimate of drug-likeness (QED) is 0.846. The minimum Gasteiger partial charge on any atom is -0.490 e. The van der Waals surface area contributed by atoms with Crippen LogP contribution in [0.4, 0.5) is 0 Å². The van der Waals surface area contributed by atoms with E-state index in [2.05, 4.69) is 0 Å². The van der Waals surface area contributed by atoms with Gasteiger partial charge < -0.3 is 19.4 Å². The predicted octanol–water partition coefficient (Wildman–Crippen LogP) is 1.18. The minimum atomic E-state index is -0.833. The summed E-state index contributed by atoms with van der Waals surface area (Å²) in [7, 11) is 1.40. The second-order valence-electron chi connectivity index (χ2n) is 5.12. The Morgan fingerprint density at radius 3 is 2.57 bits per heavy atom. The molecule has 1 aromatic rings. The zero-order valence-electron chi connectivity index (χ0n) is 13.2. The fourth-order valence-corrected chi connectivity index (χ4v) is 2.33. The molecule has 0 saturated carbocycles. The van der Waals surface area contributed by atoms with E-state index in [1.54, 1.807) is 0 Å². The second kappa shape index (κ2) is 8.94. The van der Waals surface area contributed by atoms with Gasteiger partial charge in [-0.2, -0.15) is 0 Å². The molecule has 0 aromatic carbocycles. The van der Waals surface area contributed by atoms with Crippen LogP contribution >= 0.6 is 0 Å². The Morgan fingerprint density at radius 1 is 1.39 bits per heavy atom. The number of piperidine rings is 1. The maximum Gasteiger partial charge on any atom is 0.320 e. The van der Waals surface area contributed by atoms with Gasteiger partial charge in [-0.3, -0.25) is 19.3 Å². The lowest BCUT2D eigenvalue weighted by Crippen LogP contribution is -2.44. The third kappa shape index (κ3) is 6.11. The van der Waals surface area contributed by atoms with E-state index >= 15 is 0 Å². The Kier molecular flexibility index (Phi) is 7.27. The van der Waals surface area contributed by atoms with Crippen molar-refractivity contribution in [2.45, 2.75) is 38.8 Å². The van der Waals surface area contributed by atoms with E-state index in [4.69, 9.17) is 24.2 Å². The van der Waals surface area contributed by atoms with E-state index in [1.807, 2.05) is 4.90 Å². The first kappa shape index (κ1) is 18.7. The SMILES string of the molecule is CC(=O)O.COc1coc(CN2CCCCC2C(=O)O)cc1=O. The summed E-state index contributed by atoms with van der Waals surface area (Å²) >= 11 is 0. The Bertz CT molecular complexity index is 592. The van der Waals surface area contributed by atoms with Crippen LogP contribution in [0.15, 0.2) is 21.5 Å². The van der Waals surface area contributed by atoms with Crippen molar-refractivity contribution < 1.29 is 29.0 Å². The number of rotatable bonds is 4. The molecule has 8 nitrogen and oxygen atoms in total. The van der Waals surface area contributed by atoms with Crippen molar-refractivity contribution in [3.63, 3.8) is 0 Å². The van der Waals surface area contributed by atoms with Gasteiger partial charge in [-0.25, -0.2) is 0 Å². The number of carboxylic acid groups (broad SMARTS) is 2. The third-order valence-electron chi connectivity index (χ3n) is 3.33. The number of hydrogen-bond acceptors (Lipinski definition) is 6. The molecule has 1 unspecified atom stereocenters. The molecule has 2 N–H and O–H groups in total. The number of ether oxygens (including phenoxy) is 1. The van der Waals surface area contributed by atoms with Crippen LogP contribution in [0.3, 0.4) is 0 Å². The topological polar surface area (TPSA) is 117 Å². The average molecular weight is 327 g/mol. The normalized spacial score (nSPS) is 17.7. The van der Waals surface area contributed by atoms with E-state index in [0.29, 0.717) is 25.3 Å². The Hall–Kier alpha value is -2.35. The number of nitrogens with zero attached hydrogens (tertiary/aromatic N) is 1. The van der Waals surface area contributed by atoms with Crippen LogP contribution in [0.2, 0.25) is 0 Å². The highest BCUT2D eigenvalue weighted by atomic mass is 16.5. The molecule has 1 aliphatic rings. The van der Waals surface area contributed by atoms with Crippen molar-refractivity contribution in [2.24, 2.45) is 0 Å². The molecule has 0 spiro atoms. The first-order chi connectivity index (χ1) is 10.8. The lowest BCUT2D eigenvalue weighted by molar-refractivity contribution is -0.145. The summed E-state index contributed by atoms with van der Waals surface area (Å²) in [4.78, 5) is 33.6. The van der Waals surface area contributed by atoms with Crippen LogP contribution in [-0.2, 0) is 16.1 Å². The summed E-state index contributed by atoms with van der Waals surface area (Å²) in [5.74, 6) is -1.05. The molecule has 0 radical (unpaired) electrons. The van der Waals surface area contributed by atoms with Crippen LogP contribution < -0.4 is 10.2 Å². The Labute approximate surface area is 133 Å². The van der Waals surface area contributed by atoms with Crippen molar-refractivity contribution in [1.82, 2.24) is 4.90 Å². The molecule has 23 heavy (non-hydrogen) atoms. The maximum absolute atomic E-state index is 11.6. The highest BCUT2D eigenvalue weighted by Gasteiger charge is 2.28. The number of hydrogen-bond donors (Lipinski definition) is 2. The van der Waals surface area contributed by atoms with Crippen LogP contribution in [0, 0.1) is 0 Å². The molecule has 1 aliphatic heterocycles.